The summed E-state index contributed by atoms with van der Waals surface area (Å²) in [5, 5.41) is 1.02. The van der Waals surface area contributed by atoms with Crippen molar-refractivity contribution >= 4 is 22.5 Å². The number of benzene rings is 1. The van der Waals surface area contributed by atoms with Gasteiger partial charge >= 0.3 is 0 Å². The van der Waals surface area contributed by atoms with Gasteiger partial charge in [-0.2, -0.15) is 0 Å². The Morgan fingerprint density at radius 1 is 1.26 bits per heavy atom. The van der Waals surface area contributed by atoms with E-state index in [9.17, 15) is 8.78 Å². The van der Waals surface area contributed by atoms with Gasteiger partial charge in [0.15, 0.2) is 0 Å². The predicted octanol–water partition coefficient (Wildman–Crippen LogP) is 3.54. The monoisotopic (exact) mass is 284 g/mol. The van der Waals surface area contributed by atoms with Crippen LogP contribution in [0, 0.1) is 0 Å². The Balaban J connectivity index is 2.13. The molecule has 2 aromatic rings. The molecule has 1 aromatic carbocycles. The molecule has 0 spiro atoms. The van der Waals surface area contributed by atoms with E-state index in [1.165, 1.54) is 0 Å². The molecule has 5 heteroatoms. The van der Waals surface area contributed by atoms with Gasteiger partial charge in [-0.1, -0.05) is 12.1 Å². The molecule has 0 aliphatic rings. The van der Waals surface area contributed by atoms with Gasteiger partial charge in [0.1, 0.15) is 0 Å². The van der Waals surface area contributed by atoms with Crippen molar-refractivity contribution in [2.75, 3.05) is 19.0 Å². The maximum atomic E-state index is 12.5. The van der Waals surface area contributed by atoms with Gasteiger partial charge in [-0.3, -0.25) is 9.88 Å². The number of alkyl halides is 3. The number of rotatable bonds is 6. The summed E-state index contributed by atoms with van der Waals surface area (Å²) in [6, 6.07) is 9.63. The third kappa shape index (κ3) is 4.11. The maximum absolute atomic E-state index is 12.5. The van der Waals surface area contributed by atoms with Crippen molar-refractivity contribution in [2.24, 2.45) is 0 Å². The molecule has 1 heterocycles. The SMILES string of the molecule is FC(F)CN(CCCl)Cc1ccc2ncccc2c1. The van der Waals surface area contributed by atoms with Gasteiger partial charge < -0.3 is 0 Å². The summed E-state index contributed by atoms with van der Waals surface area (Å²) in [5.74, 6) is 0.349. The molecule has 0 aliphatic carbocycles. The molecule has 0 radical (unpaired) electrons. The van der Waals surface area contributed by atoms with Gasteiger partial charge in [0.25, 0.3) is 6.43 Å². The quantitative estimate of drug-likeness (QED) is 0.754. The summed E-state index contributed by atoms with van der Waals surface area (Å²) in [4.78, 5) is 5.89. The van der Waals surface area contributed by atoms with Crippen molar-refractivity contribution < 1.29 is 8.78 Å². The fourth-order valence-electron chi connectivity index (χ4n) is 2.03. The highest BCUT2D eigenvalue weighted by atomic mass is 35.5. The van der Waals surface area contributed by atoms with Crippen LogP contribution < -0.4 is 0 Å². The number of aromatic nitrogens is 1. The molecular formula is C14H15ClF2N2. The molecule has 2 rings (SSSR count). The van der Waals surface area contributed by atoms with Crippen LogP contribution in [0.3, 0.4) is 0 Å². The Morgan fingerprint density at radius 2 is 2.11 bits per heavy atom. The van der Waals surface area contributed by atoms with Gasteiger partial charge in [0.05, 0.1) is 12.1 Å². The molecule has 0 atom stereocenters. The van der Waals surface area contributed by atoms with E-state index in [1.807, 2.05) is 30.3 Å². The zero-order chi connectivity index (χ0) is 13.7. The summed E-state index contributed by atoms with van der Waals surface area (Å²) in [7, 11) is 0. The van der Waals surface area contributed by atoms with Crippen LogP contribution in [-0.2, 0) is 6.54 Å². The molecular weight excluding hydrogens is 270 g/mol. The Kier molecular flexibility index (Phi) is 5.05. The van der Waals surface area contributed by atoms with Gasteiger partial charge in [-0.05, 0) is 23.8 Å². The fraction of sp³-hybridized carbons (Fsp3) is 0.357. The lowest BCUT2D eigenvalue weighted by Gasteiger charge is -2.20. The lowest BCUT2D eigenvalue weighted by Crippen LogP contribution is -2.30. The minimum absolute atomic E-state index is 0.252. The van der Waals surface area contributed by atoms with E-state index >= 15 is 0 Å². The Hall–Kier alpha value is -1.26. The van der Waals surface area contributed by atoms with Gasteiger partial charge in [-0.15, -0.1) is 11.6 Å². The second-order valence-corrected chi connectivity index (χ2v) is 4.72. The zero-order valence-corrected chi connectivity index (χ0v) is 11.2. The lowest BCUT2D eigenvalue weighted by molar-refractivity contribution is 0.0879. The maximum Gasteiger partial charge on any atom is 0.251 e. The first-order valence-electron chi connectivity index (χ1n) is 6.09. The van der Waals surface area contributed by atoms with Crippen LogP contribution in [0.4, 0.5) is 8.78 Å². The Morgan fingerprint density at radius 3 is 2.84 bits per heavy atom. The molecule has 2 nitrogen and oxygen atoms in total. The smallest absolute Gasteiger partial charge is 0.251 e. The first-order valence-corrected chi connectivity index (χ1v) is 6.62. The third-order valence-electron chi connectivity index (χ3n) is 2.87. The molecule has 0 aliphatic heterocycles. The van der Waals surface area contributed by atoms with Crippen molar-refractivity contribution in [1.82, 2.24) is 9.88 Å². The van der Waals surface area contributed by atoms with E-state index in [2.05, 4.69) is 4.98 Å². The second-order valence-electron chi connectivity index (χ2n) is 4.35. The van der Waals surface area contributed by atoms with Crippen LogP contribution >= 0.6 is 11.6 Å². The summed E-state index contributed by atoms with van der Waals surface area (Å²) in [6.45, 7) is 0.677. The molecule has 0 saturated heterocycles. The summed E-state index contributed by atoms with van der Waals surface area (Å²) < 4.78 is 24.9. The topological polar surface area (TPSA) is 16.1 Å². The number of hydrogen-bond acceptors (Lipinski definition) is 2. The first-order chi connectivity index (χ1) is 9.19. The molecule has 0 saturated carbocycles. The van der Waals surface area contributed by atoms with Gasteiger partial charge in [0, 0.05) is 30.6 Å². The van der Waals surface area contributed by atoms with E-state index in [0.717, 1.165) is 16.5 Å². The highest BCUT2D eigenvalue weighted by Gasteiger charge is 2.12. The lowest BCUT2D eigenvalue weighted by atomic mass is 10.1. The number of pyridine rings is 1. The highest BCUT2D eigenvalue weighted by molar-refractivity contribution is 6.18. The number of fused-ring (bicyclic) bond motifs is 1. The highest BCUT2D eigenvalue weighted by Crippen LogP contribution is 2.15. The van der Waals surface area contributed by atoms with Crippen LogP contribution in [0.15, 0.2) is 36.5 Å². The Labute approximate surface area is 116 Å². The van der Waals surface area contributed by atoms with Crippen molar-refractivity contribution in [3.63, 3.8) is 0 Å². The van der Waals surface area contributed by atoms with Crippen molar-refractivity contribution in [3.05, 3.63) is 42.1 Å². The molecule has 102 valence electrons. The van der Waals surface area contributed by atoms with E-state index in [1.54, 1.807) is 11.1 Å². The molecule has 0 unspecified atom stereocenters. The zero-order valence-electron chi connectivity index (χ0n) is 10.4. The van der Waals surface area contributed by atoms with Crippen LogP contribution in [-0.4, -0.2) is 35.3 Å². The molecule has 0 N–H and O–H groups in total. The summed E-state index contributed by atoms with van der Waals surface area (Å²) in [5.41, 5.74) is 1.90. The van der Waals surface area contributed by atoms with Crippen LogP contribution in [0.5, 0.6) is 0 Å². The number of nitrogens with zero attached hydrogens (tertiary/aromatic N) is 2. The first kappa shape index (κ1) is 14.2. The molecule has 1 aromatic heterocycles. The third-order valence-corrected chi connectivity index (χ3v) is 3.04. The van der Waals surface area contributed by atoms with Crippen LogP contribution in [0.25, 0.3) is 10.9 Å². The van der Waals surface area contributed by atoms with Crippen molar-refractivity contribution in [3.8, 4) is 0 Å². The summed E-state index contributed by atoms with van der Waals surface area (Å²) >= 11 is 5.64. The van der Waals surface area contributed by atoms with E-state index in [-0.39, 0.29) is 6.54 Å². The molecule has 0 amide bonds. The average Bonchev–Trinajstić information content (AvgIpc) is 2.38. The fourth-order valence-corrected chi connectivity index (χ4v) is 2.27. The normalized spacial score (nSPS) is 11.6. The van der Waals surface area contributed by atoms with E-state index in [4.69, 9.17) is 11.6 Å². The van der Waals surface area contributed by atoms with Gasteiger partial charge in [-0.25, -0.2) is 8.78 Å². The van der Waals surface area contributed by atoms with Crippen LogP contribution in [0.1, 0.15) is 5.56 Å². The largest absolute Gasteiger partial charge is 0.292 e. The minimum Gasteiger partial charge on any atom is -0.292 e. The number of hydrogen-bond donors (Lipinski definition) is 0. The minimum atomic E-state index is -2.34. The molecule has 0 bridgehead atoms. The molecule has 19 heavy (non-hydrogen) atoms. The Bertz CT molecular complexity index is 534. The van der Waals surface area contributed by atoms with E-state index < -0.39 is 6.43 Å². The standard InChI is InChI=1S/C14H15ClF2N2/c15-5-7-19(10-14(16)17)9-11-3-4-13-12(8-11)2-1-6-18-13/h1-4,6,8,14H,5,7,9-10H2. The van der Waals surface area contributed by atoms with Crippen molar-refractivity contribution in [2.45, 2.75) is 13.0 Å². The van der Waals surface area contributed by atoms with Gasteiger partial charge in [0.2, 0.25) is 0 Å². The van der Waals surface area contributed by atoms with Crippen molar-refractivity contribution in [1.29, 1.82) is 0 Å². The summed E-state index contributed by atoms with van der Waals surface area (Å²) in [6.07, 6.45) is -0.608. The number of halogens is 3. The van der Waals surface area contributed by atoms with Crippen LogP contribution in [0.2, 0.25) is 0 Å². The van der Waals surface area contributed by atoms with E-state index in [0.29, 0.717) is 19.0 Å². The molecule has 0 fully saturated rings. The predicted molar refractivity (Wildman–Crippen MR) is 73.7 cm³/mol. The second kappa shape index (κ2) is 6.78. The average molecular weight is 285 g/mol.